The molecule has 0 aromatic carbocycles. The van der Waals surface area contributed by atoms with Gasteiger partial charge in [0, 0.05) is 30.6 Å². The molecule has 0 spiro atoms. The second-order valence-corrected chi connectivity index (χ2v) is 7.39. The van der Waals surface area contributed by atoms with E-state index in [0.29, 0.717) is 19.1 Å². The van der Waals surface area contributed by atoms with Crippen LogP contribution in [0.2, 0.25) is 0 Å². The van der Waals surface area contributed by atoms with E-state index in [1.165, 1.54) is 4.88 Å². The Morgan fingerprint density at radius 2 is 2.24 bits per heavy atom. The van der Waals surface area contributed by atoms with Crippen molar-refractivity contribution >= 4 is 23.4 Å². The standard InChI is InChI=1S/C17H29N5O2S/c1-4-18-16(19-9-8-15-20-10-12(3)25-15)21-11-14(13-6-7-13)22-17(23)24-5-2/h10,13-14H,4-9,11H2,1-3H3,(H,22,23)(H2,18,19,21). The van der Waals surface area contributed by atoms with Crippen LogP contribution in [0.3, 0.4) is 0 Å². The fraction of sp³-hybridized carbons (Fsp3) is 0.706. The van der Waals surface area contributed by atoms with Crippen LogP contribution in [0.1, 0.15) is 36.6 Å². The largest absolute Gasteiger partial charge is 0.450 e. The Bertz CT molecular complexity index is 571. The van der Waals surface area contributed by atoms with Crippen molar-refractivity contribution in [2.45, 2.75) is 46.1 Å². The molecule has 1 aromatic rings. The zero-order chi connectivity index (χ0) is 18.1. The fourth-order valence-corrected chi connectivity index (χ4v) is 3.26. The zero-order valence-corrected chi connectivity index (χ0v) is 16.1. The van der Waals surface area contributed by atoms with E-state index in [4.69, 9.17) is 4.74 Å². The number of nitrogens with zero attached hydrogens (tertiary/aromatic N) is 2. The lowest BCUT2D eigenvalue weighted by Gasteiger charge is -2.17. The number of aryl methyl sites for hydroxylation is 1. The number of guanidine groups is 1. The van der Waals surface area contributed by atoms with Crippen molar-refractivity contribution in [3.05, 3.63) is 16.1 Å². The SMILES string of the molecule is CCNC(=NCC(NC(=O)OCC)C1CC1)NCCc1ncc(C)s1. The maximum atomic E-state index is 11.7. The van der Waals surface area contributed by atoms with Gasteiger partial charge in [0.1, 0.15) is 0 Å². The number of nitrogens with one attached hydrogen (secondary N) is 3. The predicted octanol–water partition coefficient (Wildman–Crippen LogP) is 2.07. The molecule has 0 bridgehead atoms. The zero-order valence-electron chi connectivity index (χ0n) is 15.3. The third kappa shape index (κ3) is 7.29. The molecule has 1 aliphatic rings. The molecule has 7 nitrogen and oxygen atoms in total. The Kier molecular flexibility index (Phi) is 7.97. The molecule has 1 aromatic heterocycles. The van der Waals surface area contributed by atoms with Crippen molar-refractivity contribution in [2.75, 3.05) is 26.2 Å². The smallest absolute Gasteiger partial charge is 0.407 e. The third-order valence-electron chi connectivity index (χ3n) is 3.86. The highest BCUT2D eigenvalue weighted by Gasteiger charge is 2.32. The van der Waals surface area contributed by atoms with Gasteiger partial charge in [0.15, 0.2) is 5.96 Å². The molecular weight excluding hydrogens is 338 g/mol. The highest BCUT2D eigenvalue weighted by atomic mass is 32.1. The summed E-state index contributed by atoms with van der Waals surface area (Å²) in [6, 6.07) is 0.0381. The van der Waals surface area contributed by atoms with Crippen LogP contribution in [0.4, 0.5) is 4.79 Å². The summed E-state index contributed by atoms with van der Waals surface area (Å²) in [6.45, 7) is 8.41. The van der Waals surface area contributed by atoms with E-state index < -0.39 is 0 Å². The van der Waals surface area contributed by atoms with Gasteiger partial charge in [-0.1, -0.05) is 0 Å². The summed E-state index contributed by atoms with van der Waals surface area (Å²) in [4.78, 5) is 21.9. The van der Waals surface area contributed by atoms with Gasteiger partial charge >= 0.3 is 6.09 Å². The molecule has 1 amide bonds. The minimum absolute atomic E-state index is 0.0381. The lowest BCUT2D eigenvalue weighted by molar-refractivity contribution is 0.147. The Labute approximate surface area is 153 Å². The quantitative estimate of drug-likeness (QED) is 0.459. The summed E-state index contributed by atoms with van der Waals surface area (Å²) >= 11 is 1.72. The third-order valence-corrected chi connectivity index (χ3v) is 4.83. The molecule has 0 radical (unpaired) electrons. The first-order chi connectivity index (χ1) is 12.1. The molecule has 1 saturated carbocycles. The Morgan fingerprint density at radius 1 is 1.44 bits per heavy atom. The van der Waals surface area contributed by atoms with E-state index >= 15 is 0 Å². The van der Waals surface area contributed by atoms with Crippen LogP contribution >= 0.6 is 11.3 Å². The Balaban J connectivity index is 1.82. The number of amides is 1. The summed E-state index contributed by atoms with van der Waals surface area (Å²) in [5, 5.41) is 10.6. The van der Waals surface area contributed by atoms with Crippen LogP contribution in [0.15, 0.2) is 11.2 Å². The van der Waals surface area contributed by atoms with E-state index in [9.17, 15) is 4.79 Å². The number of rotatable bonds is 9. The minimum Gasteiger partial charge on any atom is -0.450 e. The van der Waals surface area contributed by atoms with Crippen molar-refractivity contribution in [1.82, 2.24) is 20.9 Å². The van der Waals surface area contributed by atoms with Gasteiger partial charge in [0.05, 0.1) is 24.2 Å². The lowest BCUT2D eigenvalue weighted by Crippen LogP contribution is -2.42. The number of aromatic nitrogens is 1. The number of alkyl carbamates (subject to hydrolysis) is 1. The van der Waals surface area contributed by atoms with Crippen molar-refractivity contribution in [3.8, 4) is 0 Å². The van der Waals surface area contributed by atoms with E-state index in [1.54, 1.807) is 18.3 Å². The van der Waals surface area contributed by atoms with E-state index in [2.05, 4.69) is 32.9 Å². The first kappa shape index (κ1) is 19.5. The van der Waals surface area contributed by atoms with Gasteiger partial charge in [0.25, 0.3) is 0 Å². The first-order valence-electron chi connectivity index (χ1n) is 8.99. The van der Waals surface area contributed by atoms with Gasteiger partial charge < -0.3 is 20.7 Å². The van der Waals surface area contributed by atoms with E-state index in [0.717, 1.165) is 43.3 Å². The van der Waals surface area contributed by atoms with Crippen LogP contribution < -0.4 is 16.0 Å². The van der Waals surface area contributed by atoms with Gasteiger partial charge in [-0.2, -0.15) is 0 Å². The Hall–Kier alpha value is -1.83. The van der Waals surface area contributed by atoms with Gasteiger partial charge in [-0.15, -0.1) is 11.3 Å². The molecule has 140 valence electrons. The average molecular weight is 368 g/mol. The molecule has 2 rings (SSSR count). The van der Waals surface area contributed by atoms with E-state index in [-0.39, 0.29) is 12.1 Å². The van der Waals surface area contributed by atoms with Crippen LogP contribution in [-0.4, -0.2) is 49.3 Å². The molecule has 8 heteroatoms. The first-order valence-corrected chi connectivity index (χ1v) is 9.80. The summed E-state index contributed by atoms with van der Waals surface area (Å²) in [5.41, 5.74) is 0. The monoisotopic (exact) mass is 367 g/mol. The van der Waals surface area contributed by atoms with Crippen molar-refractivity contribution in [3.63, 3.8) is 0 Å². The molecule has 1 fully saturated rings. The summed E-state index contributed by atoms with van der Waals surface area (Å²) in [5.74, 6) is 1.28. The number of carbonyl (C=O) groups excluding carboxylic acids is 1. The summed E-state index contributed by atoms with van der Waals surface area (Å²) in [6.07, 6.45) is 4.70. The Morgan fingerprint density at radius 3 is 2.84 bits per heavy atom. The van der Waals surface area contributed by atoms with Gasteiger partial charge in [-0.05, 0) is 39.5 Å². The maximum Gasteiger partial charge on any atom is 0.407 e. The normalized spacial score (nSPS) is 15.6. The summed E-state index contributed by atoms with van der Waals surface area (Å²) < 4.78 is 4.98. The van der Waals surface area contributed by atoms with Crippen molar-refractivity contribution < 1.29 is 9.53 Å². The second kappa shape index (κ2) is 10.2. The molecule has 0 aliphatic heterocycles. The van der Waals surface area contributed by atoms with Crippen LogP contribution in [-0.2, 0) is 11.2 Å². The highest BCUT2D eigenvalue weighted by molar-refractivity contribution is 7.11. The van der Waals surface area contributed by atoms with Gasteiger partial charge in [-0.25, -0.2) is 9.78 Å². The molecule has 1 atom stereocenters. The second-order valence-electron chi connectivity index (χ2n) is 6.07. The highest BCUT2D eigenvalue weighted by Crippen LogP contribution is 2.32. The summed E-state index contributed by atoms with van der Waals surface area (Å²) in [7, 11) is 0. The van der Waals surface area contributed by atoms with Crippen LogP contribution in [0, 0.1) is 12.8 Å². The molecule has 3 N–H and O–H groups in total. The van der Waals surface area contributed by atoms with Crippen LogP contribution in [0.5, 0.6) is 0 Å². The van der Waals surface area contributed by atoms with Gasteiger partial charge in [0.2, 0.25) is 0 Å². The van der Waals surface area contributed by atoms with Crippen molar-refractivity contribution in [2.24, 2.45) is 10.9 Å². The minimum atomic E-state index is -0.355. The topological polar surface area (TPSA) is 87.6 Å². The van der Waals surface area contributed by atoms with Crippen LogP contribution in [0.25, 0.3) is 0 Å². The fourth-order valence-electron chi connectivity index (χ4n) is 2.47. The van der Waals surface area contributed by atoms with Gasteiger partial charge in [-0.3, -0.25) is 4.99 Å². The maximum absolute atomic E-state index is 11.7. The molecule has 1 unspecified atom stereocenters. The number of thiazole rings is 1. The number of aliphatic imine (C=N–C) groups is 1. The molecule has 0 saturated heterocycles. The number of ether oxygens (including phenoxy) is 1. The number of hydrogen-bond donors (Lipinski definition) is 3. The van der Waals surface area contributed by atoms with Crippen molar-refractivity contribution in [1.29, 1.82) is 0 Å². The molecular formula is C17H29N5O2S. The average Bonchev–Trinajstić information content (AvgIpc) is 3.34. The molecule has 1 aliphatic carbocycles. The molecule has 25 heavy (non-hydrogen) atoms. The number of carbonyl (C=O) groups is 1. The number of hydrogen-bond acceptors (Lipinski definition) is 5. The van der Waals surface area contributed by atoms with E-state index in [1.807, 2.05) is 13.1 Å². The predicted molar refractivity (Wildman–Crippen MR) is 101 cm³/mol. The molecule has 1 heterocycles. The lowest BCUT2D eigenvalue weighted by atomic mass is 10.2.